The van der Waals surface area contributed by atoms with Gasteiger partial charge in [0, 0.05) is 18.4 Å². The molecule has 3 aliphatic rings. The predicted molar refractivity (Wildman–Crippen MR) is 85.6 cm³/mol. The lowest BCUT2D eigenvalue weighted by Crippen LogP contribution is -2.94. The van der Waals surface area contributed by atoms with Gasteiger partial charge in [-0.3, -0.25) is 0 Å². The van der Waals surface area contributed by atoms with Crippen molar-refractivity contribution in [3.8, 4) is 0 Å². The third-order valence-electron chi connectivity index (χ3n) is 7.19. The number of hydrogen-bond donors (Lipinski definition) is 2. The molecule has 0 unspecified atom stereocenters. The fraction of sp³-hybridized carbons (Fsp3) is 1.00. The smallest absolute Gasteiger partial charge is 0.126 e. The van der Waals surface area contributed by atoms with Crippen LogP contribution in [0.4, 0.5) is 0 Å². The van der Waals surface area contributed by atoms with Crippen molar-refractivity contribution >= 4 is 0 Å². The minimum atomic E-state index is -0.368. The molecule has 2 saturated carbocycles. The van der Waals surface area contributed by atoms with Crippen LogP contribution in [0.3, 0.4) is 0 Å². The number of nitrogens with two attached hydrogens (primary N) is 1. The van der Waals surface area contributed by atoms with Crippen molar-refractivity contribution in [2.24, 2.45) is 16.7 Å². The van der Waals surface area contributed by atoms with Gasteiger partial charge in [0.2, 0.25) is 0 Å². The van der Waals surface area contributed by atoms with Crippen molar-refractivity contribution in [1.82, 2.24) is 0 Å². The number of aliphatic hydroxyl groups is 1. The van der Waals surface area contributed by atoms with E-state index in [0.717, 1.165) is 31.9 Å². The minimum absolute atomic E-state index is 0.251. The Morgan fingerprint density at radius 2 is 2.14 bits per heavy atom. The number of rotatable bonds is 7. The SMILES string of the molecule is CC1(C)[C@H]2CC[C@]1(C)[C@H]([NH2+]C[C@H](O)COC[C@H]1CCCO1)C2. The molecule has 2 aliphatic carbocycles. The third-order valence-corrected chi connectivity index (χ3v) is 7.19. The molecule has 3 N–H and O–H groups in total. The van der Waals surface area contributed by atoms with E-state index in [1.165, 1.54) is 19.3 Å². The highest BCUT2D eigenvalue weighted by Gasteiger charge is 2.63. The first-order valence-corrected chi connectivity index (χ1v) is 9.14. The minimum Gasteiger partial charge on any atom is -0.385 e. The maximum absolute atomic E-state index is 10.2. The molecule has 4 heteroatoms. The Morgan fingerprint density at radius 1 is 1.32 bits per heavy atom. The summed E-state index contributed by atoms with van der Waals surface area (Å²) in [5, 5.41) is 12.6. The number of aliphatic hydroxyl groups excluding tert-OH is 1. The molecule has 1 heterocycles. The monoisotopic (exact) mass is 312 g/mol. The van der Waals surface area contributed by atoms with E-state index in [-0.39, 0.29) is 12.2 Å². The van der Waals surface area contributed by atoms with Gasteiger partial charge in [0.25, 0.3) is 0 Å². The van der Waals surface area contributed by atoms with Crippen LogP contribution in [0.2, 0.25) is 0 Å². The molecule has 0 aromatic heterocycles. The molecule has 0 aromatic rings. The Balaban J connectivity index is 1.37. The zero-order chi connectivity index (χ0) is 15.8. The molecular formula is C18H34NO3+. The van der Waals surface area contributed by atoms with E-state index in [4.69, 9.17) is 9.47 Å². The maximum atomic E-state index is 10.2. The lowest BCUT2D eigenvalue weighted by molar-refractivity contribution is -0.707. The van der Waals surface area contributed by atoms with Gasteiger partial charge in [-0.2, -0.15) is 0 Å². The van der Waals surface area contributed by atoms with Crippen LogP contribution in [0.5, 0.6) is 0 Å². The number of quaternary nitrogens is 1. The molecule has 128 valence electrons. The van der Waals surface area contributed by atoms with Crippen LogP contribution < -0.4 is 5.32 Å². The second-order valence-corrected chi connectivity index (χ2v) is 8.51. The summed E-state index contributed by atoms with van der Waals surface area (Å²) in [5.41, 5.74) is 0.880. The van der Waals surface area contributed by atoms with Crippen molar-refractivity contribution in [3.05, 3.63) is 0 Å². The fourth-order valence-electron chi connectivity index (χ4n) is 5.12. The van der Waals surface area contributed by atoms with Crippen LogP contribution >= 0.6 is 0 Å². The van der Waals surface area contributed by atoms with Crippen LogP contribution in [-0.2, 0) is 9.47 Å². The Labute approximate surface area is 134 Å². The van der Waals surface area contributed by atoms with Gasteiger partial charge < -0.3 is 19.9 Å². The Morgan fingerprint density at radius 3 is 2.73 bits per heavy atom. The molecule has 0 amide bonds. The van der Waals surface area contributed by atoms with Crippen LogP contribution in [0.25, 0.3) is 0 Å². The molecule has 2 bridgehead atoms. The molecule has 0 spiro atoms. The molecule has 3 rings (SSSR count). The van der Waals surface area contributed by atoms with Crippen molar-refractivity contribution < 1.29 is 19.9 Å². The maximum Gasteiger partial charge on any atom is 0.126 e. The van der Waals surface area contributed by atoms with Crippen LogP contribution in [0, 0.1) is 16.7 Å². The summed E-state index contributed by atoms with van der Waals surface area (Å²) in [7, 11) is 0. The molecule has 22 heavy (non-hydrogen) atoms. The highest BCUT2D eigenvalue weighted by atomic mass is 16.5. The van der Waals surface area contributed by atoms with Gasteiger partial charge in [-0.05, 0) is 37.0 Å². The summed E-state index contributed by atoms with van der Waals surface area (Å²) < 4.78 is 11.2. The quantitative estimate of drug-likeness (QED) is 0.745. The second-order valence-electron chi connectivity index (χ2n) is 8.51. The first-order chi connectivity index (χ1) is 10.4. The highest BCUT2D eigenvalue weighted by molar-refractivity contribution is 5.10. The van der Waals surface area contributed by atoms with Gasteiger partial charge in [-0.25, -0.2) is 0 Å². The van der Waals surface area contributed by atoms with Gasteiger partial charge in [0.1, 0.15) is 12.6 Å². The molecule has 3 fully saturated rings. The first-order valence-electron chi connectivity index (χ1n) is 9.14. The van der Waals surface area contributed by atoms with E-state index in [9.17, 15) is 5.11 Å². The summed E-state index contributed by atoms with van der Waals surface area (Å²) in [5.74, 6) is 0.867. The summed E-state index contributed by atoms with van der Waals surface area (Å²) in [6.45, 7) is 10.0. The molecule has 5 atom stereocenters. The normalized spacial score (nSPS) is 41.2. The average molecular weight is 312 g/mol. The van der Waals surface area contributed by atoms with Crippen molar-refractivity contribution in [3.63, 3.8) is 0 Å². The van der Waals surface area contributed by atoms with Gasteiger partial charge in [0.15, 0.2) is 0 Å². The number of hydrogen-bond acceptors (Lipinski definition) is 3. The molecule has 0 radical (unpaired) electrons. The second kappa shape index (κ2) is 6.39. The van der Waals surface area contributed by atoms with Crippen LogP contribution in [0.15, 0.2) is 0 Å². The van der Waals surface area contributed by atoms with Gasteiger partial charge >= 0.3 is 0 Å². The topological polar surface area (TPSA) is 55.3 Å². The van der Waals surface area contributed by atoms with Crippen LogP contribution in [-0.4, -0.2) is 49.7 Å². The van der Waals surface area contributed by atoms with E-state index < -0.39 is 0 Å². The average Bonchev–Trinajstić information content (AvgIpc) is 3.10. The fourth-order valence-corrected chi connectivity index (χ4v) is 5.12. The molecule has 1 aliphatic heterocycles. The summed E-state index contributed by atoms with van der Waals surface area (Å²) in [6, 6.07) is 0.661. The van der Waals surface area contributed by atoms with Crippen LogP contribution in [0.1, 0.15) is 52.9 Å². The summed E-state index contributed by atoms with van der Waals surface area (Å²) in [6.07, 6.45) is 6.17. The van der Waals surface area contributed by atoms with E-state index in [0.29, 0.717) is 30.1 Å². The summed E-state index contributed by atoms with van der Waals surface area (Å²) >= 11 is 0. The predicted octanol–water partition coefficient (Wildman–Crippen LogP) is 1.32. The molecule has 0 aromatic carbocycles. The van der Waals surface area contributed by atoms with Gasteiger partial charge in [0.05, 0.1) is 25.4 Å². The largest absolute Gasteiger partial charge is 0.385 e. The van der Waals surface area contributed by atoms with E-state index >= 15 is 0 Å². The van der Waals surface area contributed by atoms with Crippen molar-refractivity contribution in [2.75, 3.05) is 26.4 Å². The standard InChI is InChI=1S/C18H33NO3/c1-17(2)13-6-7-18(17,3)16(9-13)19-10-14(20)11-21-12-15-5-4-8-22-15/h13-16,19-20H,4-12H2,1-3H3/p+1/t13-,14-,15+,16+,18+/m0/s1. The summed E-state index contributed by atoms with van der Waals surface area (Å²) in [4.78, 5) is 0. The zero-order valence-electron chi connectivity index (χ0n) is 14.5. The highest BCUT2D eigenvalue weighted by Crippen LogP contribution is 2.64. The lowest BCUT2D eigenvalue weighted by Gasteiger charge is -2.37. The first kappa shape index (κ1) is 16.7. The Hall–Kier alpha value is -0.160. The zero-order valence-corrected chi connectivity index (χ0v) is 14.5. The van der Waals surface area contributed by atoms with E-state index in [1.807, 2.05) is 0 Å². The van der Waals surface area contributed by atoms with Crippen molar-refractivity contribution in [1.29, 1.82) is 0 Å². The Bertz CT molecular complexity index is 381. The molecular weight excluding hydrogens is 278 g/mol. The van der Waals surface area contributed by atoms with E-state index in [2.05, 4.69) is 26.1 Å². The Kier molecular flexibility index (Phi) is 4.84. The number of ether oxygens (including phenoxy) is 2. The van der Waals surface area contributed by atoms with Gasteiger partial charge in [-0.1, -0.05) is 20.8 Å². The molecule has 4 nitrogen and oxygen atoms in total. The molecule has 1 saturated heterocycles. The van der Waals surface area contributed by atoms with E-state index in [1.54, 1.807) is 0 Å². The van der Waals surface area contributed by atoms with Crippen molar-refractivity contribution in [2.45, 2.75) is 71.1 Å². The lowest BCUT2D eigenvalue weighted by atomic mass is 9.69. The number of fused-ring (bicyclic) bond motifs is 2. The third kappa shape index (κ3) is 2.95. The van der Waals surface area contributed by atoms with Gasteiger partial charge in [-0.15, -0.1) is 0 Å².